The fourth-order valence-corrected chi connectivity index (χ4v) is 0.572. The maximum atomic E-state index is 5.56. The molecule has 0 aromatic carbocycles. The Bertz CT molecular complexity index is 148. The van der Waals surface area contributed by atoms with Gasteiger partial charge < -0.3 is 4.74 Å². The quantitative estimate of drug-likeness (QED) is 0.512. The van der Waals surface area contributed by atoms with Crippen LogP contribution in [-0.4, -0.2) is 9.93 Å². The molecule has 0 radical (unpaired) electrons. The Labute approximate surface area is 78.0 Å². The van der Waals surface area contributed by atoms with Crippen LogP contribution in [0.1, 0.15) is 34.6 Å². The van der Waals surface area contributed by atoms with Crippen molar-refractivity contribution in [3.05, 3.63) is 12.3 Å². The van der Waals surface area contributed by atoms with Crippen LogP contribution in [0.4, 0.5) is 0 Å². The third-order valence-electron chi connectivity index (χ3n) is 1.09. The van der Waals surface area contributed by atoms with Crippen molar-refractivity contribution in [2.45, 2.75) is 44.5 Å². The highest BCUT2D eigenvalue weighted by Gasteiger charge is 2.23. The summed E-state index contributed by atoms with van der Waals surface area (Å²) in [6.07, 6.45) is 0. The first-order valence-corrected chi connectivity index (χ1v) is 4.49. The molecule has 0 saturated heterocycles. The van der Waals surface area contributed by atoms with Crippen molar-refractivity contribution in [3.63, 3.8) is 0 Å². The lowest BCUT2D eigenvalue weighted by Gasteiger charge is -2.28. The minimum atomic E-state index is -0.151. The van der Waals surface area contributed by atoms with Crippen LogP contribution >= 0.6 is 15.9 Å². The number of hydrogen-bond acceptors (Lipinski definition) is 1. The molecule has 1 nitrogen and oxygen atoms in total. The van der Waals surface area contributed by atoms with E-state index in [4.69, 9.17) is 4.74 Å². The van der Waals surface area contributed by atoms with Crippen LogP contribution in [0.3, 0.4) is 0 Å². The maximum absolute atomic E-state index is 5.56. The van der Waals surface area contributed by atoms with Crippen molar-refractivity contribution in [2.75, 3.05) is 0 Å². The Morgan fingerprint density at radius 2 is 1.55 bits per heavy atom. The number of allylic oxidation sites excluding steroid dienone is 1. The Hall–Kier alpha value is 0.0200. The van der Waals surface area contributed by atoms with Gasteiger partial charge in [-0.25, -0.2) is 0 Å². The summed E-state index contributed by atoms with van der Waals surface area (Å²) in [7, 11) is 0. The highest BCUT2D eigenvalue weighted by atomic mass is 79.9. The fourth-order valence-electron chi connectivity index (χ4n) is 0.491. The first kappa shape index (κ1) is 11.0. The zero-order valence-corrected chi connectivity index (χ0v) is 9.58. The van der Waals surface area contributed by atoms with Gasteiger partial charge in [-0.15, -0.1) is 0 Å². The third kappa shape index (κ3) is 5.31. The SMILES string of the molecule is C=C(OC(C)(C)C)C(C)(C)Br. The van der Waals surface area contributed by atoms with E-state index in [-0.39, 0.29) is 9.93 Å². The molecule has 66 valence electrons. The highest BCUT2D eigenvalue weighted by Crippen LogP contribution is 2.28. The normalized spacial score (nSPS) is 12.9. The Morgan fingerprint density at radius 3 is 1.64 bits per heavy atom. The second kappa shape index (κ2) is 3.18. The van der Waals surface area contributed by atoms with Crippen LogP contribution in [0.5, 0.6) is 0 Å². The van der Waals surface area contributed by atoms with E-state index >= 15 is 0 Å². The van der Waals surface area contributed by atoms with Crippen LogP contribution in [0.15, 0.2) is 12.3 Å². The molecular formula is C9H17BrO. The van der Waals surface area contributed by atoms with Gasteiger partial charge in [-0.2, -0.15) is 0 Å². The molecule has 0 amide bonds. The van der Waals surface area contributed by atoms with Crippen molar-refractivity contribution < 1.29 is 4.74 Å². The van der Waals surface area contributed by atoms with E-state index in [1.54, 1.807) is 0 Å². The molecule has 0 atom stereocenters. The largest absolute Gasteiger partial charge is 0.492 e. The Morgan fingerprint density at radius 1 is 1.18 bits per heavy atom. The summed E-state index contributed by atoms with van der Waals surface area (Å²) in [6, 6.07) is 0. The van der Waals surface area contributed by atoms with Crippen molar-refractivity contribution in [1.82, 2.24) is 0 Å². The van der Waals surface area contributed by atoms with Crippen LogP contribution in [0.2, 0.25) is 0 Å². The van der Waals surface area contributed by atoms with E-state index in [0.717, 1.165) is 5.76 Å². The van der Waals surface area contributed by atoms with E-state index in [2.05, 4.69) is 22.5 Å². The molecule has 0 aromatic rings. The highest BCUT2D eigenvalue weighted by molar-refractivity contribution is 9.10. The summed E-state index contributed by atoms with van der Waals surface area (Å²) in [4.78, 5) is 0. The maximum Gasteiger partial charge on any atom is 0.106 e. The van der Waals surface area contributed by atoms with Gasteiger partial charge in [-0.05, 0) is 34.6 Å². The second-order valence-corrected chi connectivity index (χ2v) is 6.09. The minimum Gasteiger partial charge on any atom is -0.492 e. The van der Waals surface area contributed by atoms with Crippen molar-refractivity contribution in [2.24, 2.45) is 0 Å². The van der Waals surface area contributed by atoms with E-state index in [0.29, 0.717) is 0 Å². The molecule has 0 rings (SSSR count). The van der Waals surface area contributed by atoms with E-state index in [1.807, 2.05) is 34.6 Å². The van der Waals surface area contributed by atoms with Crippen LogP contribution in [0, 0.1) is 0 Å². The van der Waals surface area contributed by atoms with Gasteiger partial charge in [0.25, 0.3) is 0 Å². The molecule has 0 aromatic heterocycles. The molecule has 0 heterocycles. The van der Waals surface area contributed by atoms with Gasteiger partial charge in [-0.3, -0.25) is 0 Å². The van der Waals surface area contributed by atoms with Crippen LogP contribution in [-0.2, 0) is 4.74 Å². The van der Waals surface area contributed by atoms with Crippen LogP contribution in [0.25, 0.3) is 0 Å². The lowest BCUT2D eigenvalue weighted by Crippen LogP contribution is -2.25. The van der Waals surface area contributed by atoms with E-state index < -0.39 is 0 Å². The number of rotatable bonds is 2. The molecule has 2 heteroatoms. The molecule has 11 heavy (non-hydrogen) atoms. The molecule has 0 spiro atoms. The standard InChI is InChI=1S/C9H17BrO/c1-7(9(5,6)10)11-8(2,3)4/h1H2,2-6H3. The lowest BCUT2D eigenvalue weighted by atomic mass is 10.1. The van der Waals surface area contributed by atoms with Crippen molar-refractivity contribution in [3.8, 4) is 0 Å². The van der Waals surface area contributed by atoms with Gasteiger partial charge in [0.15, 0.2) is 0 Å². The topological polar surface area (TPSA) is 9.23 Å². The smallest absolute Gasteiger partial charge is 0.106 e. The Kier molecular flexibility index (Phi) is 3.18. The summed E-state index contributed by atoms with van der Waals surface area (Å²) in [5.74, 6) is 0.769. The molecule has 0 saturated carbocycles. The molecular weight excluding hydrogens is 204 g/mol. The van der Waals surface area contributed by atoms with Gasteiger partial charge in [0, 0.05) is 0 Å². The van der Waals surface area contributed by atoms with Gasteiger partial charge in [0.1, 0.15) is 11.4 Å². The molecule has 0 aliphatic heterocycles. The average Bonchev–Trinajstić information content (AvgIpc) is 1.56. The number of hydrogen-bond donors (Lipinski definition) is 0. The molecule has 0 fully saturated rings. The first-order valence-electron chi connectivity index (χ1n) is 3.70. The number of alkyl halides is 1. The first-order chi connectivity index (χ1) is 4.63. The summed E-state index contributed by atoms with van der Waals surface area (Å²) in [5.41, 5.74) is -0.151. The van der Waals surface area contributed by atoms with Crippen LogP contribution < -0.4 is 0 Å². The second-order valence-electron chi connectivity index (χ2n) is 4.11. The third-order valence-corrected chi connectivity index (χ3v) is 1.53. The number of halogens is 1. The van der Waals surface area contributed by atoms with E-state index in [9.17, 15) is 0 Å². The van der Waals surface area contributed by atoms with Crippen molar-refractivity contribution >= 4 is 15.9 Å². The molecule has 0 N–H and O–H groups in total. The fraction of sp³-hybridized carbons (Fsp3) is 0.778. The van der Waals surface area contributed by atoms with Gasteiger partial charge in [-0.1, -0.05) is 22.5 Å². The van der Waals surface area contributed by atoms with Crippen molar-refractivity contribution in [1.29, 1.82) is 0 Å². The van der Waals surface area contributed by atoms with E-state index in [1.165, 1.54) is 0 Å². The average molecular weight is 221 g/mol. The number of ether oxygens (including phenoxy) is 1. The van der Waals surface area contributed by atoms with Gasteiger partial charge in [0.05, 0.1) is 4.32 Å². The predicted octanol–water partition coefficient (Wildman–Crippen LogP) is 3.49. The van der Waals surface area contributed by atoms with Gasteiger partial charge in [0.2, 0.25) is 0 Å². The predicted molar refractivity (Wildman–Crippen MR) is 53.0 cm³/mol. The summed E-state index contributed by atoms with van der Waals surface area (Å²) >= 11 is 3.47. The monoisotopic (exact) mass is 220 g/mol. The summed E-state index contributed by atoms with van der Waals surface area (Å²) in [5, 5.41) is 0. The zero-order chi connectivity index (χ0) is 9.28. The zero-order valence-electron chi connectivity index (χ0n) is 7.99. The van der Waals surface area contributed by atoms with Gasteiger partial charge >= 0.3 is 0 Å². The molecule has 0 aliphatic carbocycles. The summed E-state index contributed by atoms with van der Waals surface area (Å²) < 4.78 is 5.42. The summed E-state index contributed by atoms with van der Waals surface area (Å²) in [6.45, 7) is 13.9. The molecule has 0 bridgehead atoms. The minimum absolute atomic E-state index is 0.139. The molecule has 0 aliphatic rings. The molecule has 0 unspecified atom stereocenters. The Balaban J connectivity index is 4.11. The lowest BCUT2D eigenvalue weighted by molar-refractivity contribution is 0.0435.